The molecule has 2 aromatic rings. The Bertz CT molecular complexity index is 649. The molecule has 0 aliphatic heterocycles. The fourth-order valence-electron chi connectivity index (χ4n) is 2.91. The van der Waals surface area contributed by atoms with Crippen LogP contribution in [0.5, 0.6) is 0 Å². The van der Waals surface area contributed by atoms with Crippen molar-refractivity contribution in [2.24, 2.45) is 0 Å². The Hall–Kier alpha value is -2.14. The van der Waals surface area contributed by atoms with Gasteiger partial charge in [0.15, 0.2) is 5.69 Å². The van der Waals surface area contributed by atoms with E-state index >= 15 is 0 Å². The van der Waals surface area contributed by atoms with Crippen LogP contribution in [0.3, 0.4) is 0 Å². The van der Waals surface area contributed by atoms with Crippen molar-refractivity contribution < 1.29 is 15.0 Å². The Kier molecular flexibility index (Phi) is 3.75. The molecule has 5 heteroatoms. The number of benzene rings is 1. The molecule has 3 rings (SSSR count). The molecule has 1 atom stereocenters. The van der Waals surface area contributed by atoms with Crippen molar-refractivity contribution in [3.63, 3.8) is 0 Å². The molecule has 1 aromatic heterocycles. The maximum absolute atomic E-state index is 11.3. The summed E-state index contributed by atoms with van der Waals surface area (Å²) in [6.07, 6.45) is 2.11. The van der Waals surface area contributed by atoms with E-state index in [-0.39, 0.29) is 5.69 Å². The zero-order chi connectivity index (χ0) is 14.8. The number of rotatable bonds is 4. The number of hydrogen-bond acceptors (Lipinski definition) is 3. The lowest BCUT2D eigenvalue weighted by Crippen LogP contribution is -2.21. The van der Waals surface area contributed by atoms with E-state index < -0.39 is 12.1 Å². The van der Waals surface area contributed by atoms with Gasteiger partial charge in [0.2, 0.25) is 0 Å². The summed E-state index contributed by atoms with van der Waals surface area (Å²) in [5.74, 6) is -1.01. The molecule has 1 aromatic carbocycles. The van der Waals surface area contributed by atoms with E-state index in [9.17, 15) is 15.0 Å². The molecule has 5 nitrogen and oxygen atoms in total. The predicted octanol–water partition coefficient (Wildman–Crippen LogP) is 1.67. The van der Waals surface area contributed by atoms with Crippen molar-refractivity contribution in [3.05, 3.63) is 52.8 Å². The van der Waals surface area contributed by atoms with Gasteiger partial charge in [0.1, 0.15) is 0 Å². The summed E-state index contributed by atoms with van der Waals surface area (Å²) in [5, 5.41) is 23.3. The van der Waals surface area contributed by atoms with Crippen LogP contribution in [0.4, 0.5) is 0 Å². The lowest BCUT2D eigenvalue weighted by Gasteiger charge is -2.18. The highest BCUT2D eigenvalue weighted by Crippen LogP contribution is 2.25. The minimum Gasteiger partial charge on any atom is -0.476 e. The molecule has 1 aliphatic rings. The molecule has 21 heavy (non-hydrogen) atoms. The van der Waals surface area contributed by atoms with E-state index in [1.165, 1.54) is 5.56 Å². The van der Waals surface area contributed by atoms with Gasteiger partial charge in [-0.25, -0.2) is 4.79 Å². The van der Waals surface area contributed by atoms with Crippen molar-refractivity contribution in [2.45, 2.75) is 38.3 Å². The number of aliphatic hydroxyl groups is 1. The lowest BCUT2D eigenvalue weighted by atomic mass is 9.93. The van der Waals surface area contributed by atoms with Gasteiger partial charge in [-0.1, -0.05) is 30.3 Å². The predicted molar refractivity (Wildman–Crippen MR) is 77.4 cm³/mol. The van der Waals surface area contributed by atoms with E-state index in [0.717, 1.165) is 12.1 Å². The number of nitrogens with zero attached hydrogens (tertiary/aromatic N) is 2. The van der Waals surface area contributed by atoms with E-state index in [1.807, 2.05) is 18.2 Å². The molecule has 110 valence electrons. The number of carboxylic acid groups (broad SMARTS) is 1. The summed E-state index contributed by atoms with van der Waals surface area (Å²) in [6.45, 7) is 0.662. The standard InChI is InChI=1S/C16H18N2O3/c19-12-6-7-14-13(10-12)15(16(20)21)17-18(14)9-8-11-4-2-1-3-5-11/h1-5,12,19H,6-10H2,(H,20,21). The molecule has 1 aliphatic carbocycles. The number of aryl methyl sites for hydroxylation is 2. The Morgan fingerprint density at radius 2 is 2.10 bits per heavy atom. The summed E-state index contributed by atoms with van der Waals surface area (Å²) >= 11 is 0. The van der Waals surface area contributed by atoms with Gasteiger partial charge >= 0.3 is 5.97 Å². The van der Waals surface area contributed by atoms with Gasteiger partial charge in [-0.05, 0) is 24.8 Å². The average molecular weight is 286 g/mol. The van der Waals surface area contributed by atoms with Gasteiger partial charge in [-0.2, -0.15) is 5.10 Å². The van der Waals surface area contributed by atoms with Crippen LogP contribution in [0, 0.1) is 0 Å². The van der Waals surface area contributed by atoms with Gasteiger partial charge in [-0.3, -0.25) is 4.68 Å². The highest BCUT2D eigenvalue weighted by atomic mass is 16.4. The van der Waals surface area contributed by atoms with Crippen molar-refractivity contribution >= 4 is 5.97 Å². The minimum atomic E-state index is -1.01. The van der Waals surface area contributed by atoms with Crippen molar-refractivity contribution in [1.29, 1.82) is 0 Å². The molecule has 1 heterocycles. The fraction of sp³-hybridized carbons (Fsp3) is 0.375. The van der Waals surface area contributed by atoms with Crippen LogP contribution >= 0.6 is 0 Å². The number of aliphatic hydroxyl groups excluding tert-OH is 1. The van der Waals surface area contributed by atoms with Gasteiger partial charge in [0, 0.05) is 24.2 Å². The van der Waals surface area contributed by atoms with Gasteiger partial charge in [-0.15, -0.1) is 0 Å². The quantitative estimate of drug-likeness (QED) is 0.896. The van der Waals surface area contributed by atoms with Crippen molar-refractivity contribution in [3.8, 4) is 0 Å². The zero-order valence-electron chi connectivity index (χ0n) is 11.7. The zero-order valence-corrected chi connectivity index (χ0v) is 11.7. The molecule has 2 N–H and O–H groups in total. The molecule has 0 saturated heterocycles. The first-order chi connectivity index (χ1) is 10.1. The molecular weight excluding hydrogens is 268 g/mol. The van der Waals surface area contributed by atoms with Gasteiger partial charge in [0.05, 0.1) is 6.10 Å². The topological polar surface area (TPSA) is 75.3 Å². The minimum absolute atomic E-state index is 0.0943. The lowest BCUT2D eigenvalue weighted by molar-refractivity contribution is 0.0687. The number of aromatic carboxylic acids is 1. The second-order valence-corrected chi connectivity index (χ2v) is 5.43. The Morgan fingerprint density at radius 1 is 1.33 bits per heavy atom. The summed E-state index contributed by atoms with van der Waals surface area (Å²) in [6, 6.07) is 10.1. The molecule has 0 fully saturated rings. The van der Waals surface area contributed by atoms with Crippen molar-refractivity contribution in [2.75, 3.05) is 0 Å². The molecule has 0 radical (unpaired) electrons. The maximum atomic E-state index is 11.3. The van der Waals surface area contributed by atoms with E-state index in [4.69, 9.17) is 0 Å². The van der Waals surface area contributed by atoms with Crippen LogP contribution in [-0.4, -0.2) is 32.1 Å². The third-order valence-corrected chi connectivity index (χ3v) is 3.98. The van der Waals surface area contributed by atoms with Gasteiger partial charge in [0.25, 0.3) is 0 Å². The summed E-state index contributed by atoms with van der Waals surface area (Å²) in [7, 11) is 0. The summed E-state index contributed by atoms with van der Waals surface area (Å²) < 4.78 is 1.80. The van der Waals surface area contributed by atoms with Gasteiger partial charge < -0.3 is 10.2 Å². The number of fused-ring (bicyclic) bond motifs is 1. The third kappa shape index (κ3) is 2.83. The molecular formula is C16H18N2O3. The Morgan fingerprint density at radius 3 is 2.81 bits per heavy atom. The fourth-order valence-corrected chi connectivity index (χ4v) is 2.91. The first-order valence-corrected chi connectivity index (χ1v) is 7.19. The maximum Gasteiger partial charge on any atom is 0.356 e. The molecule has 0 saturated carbocycles. The number of aromatic nitrogens is 2. The van der Waals surface area contributed by atoms with Crippen LogP contribution in [0.25, 0.3) is 0 Å². The average Bonchev–Trinajstić information content (AvgIpc) is 2.84. The summed E-state index contributed by atoms with van der Waals surface area (Å²) in [5.41, 5.74) is 2.97. The molecule has 0 amide bonds. The molecule has 0 bridgehead atoms. The molecule has 1 unspecified atom stereocenters. The summed E-state index contributed by atoms with van der Waals surface area (Å²) in [4.78, 5) is 11.3. The first-order valence-electron chi connectivity index (χ1n) is 7.19. The van der Waals surface area contributed by atoms with Crippen LogP contribution < -0.4 is 0 Å². The second kappa shape index (κ2) is 5.69. The number of carboxylic acids is 1. The van der Waals surface area contributed by atoms with Crippen LogP contribution in [0.1, 0.15) is 33.7 Å². The monoisotopic (exact) mass is 286 g/mol. The smallest absolute Gasteiger partial charge is 0.356 e. The van der Waals surface area contributed by atoms with Crippen molar-refractivity contribution in [1.82, 2.24) is 9.78 Å². The number of hydrogen-bond donors (Lipinski definition) is 2. The molecule has 0 spiro atoms. The second-order valence-electron chi connectivity index (χ2n) is 5.43. The van der Waals surface area contributed by atoms with Crippen LogP contribution in [0.2, 0.25) is 0 Å². The largest absolute Gasteiger partial charge is 0.476 e. The highest BCUT2D eigenvalue weighted by molar-refractivity contribution is 5.87. The SMILES string of the molecule is O=C(O)c1nn(CCc2ccccc2)c2c1CC(O)CC2. The Balaban J connectivity index is 1.85. The third-order valence-electron chi connectivity index (χ3n) is 3.98. The Labute approximate surface area is 122 Å². The normalized spacial score (nSPS) is 17.5. The van der Waals surface area contributed by atoms with Crippen LogP contribution in [0.15, 0.2) is 30.3 Å². The highest BCUT2D eigenvalue weighted by Gasteiger charge is 2.27. The van der Waals surface area contributed by atoms with E-state index in [0.29, 0.717) is 31.4 Å². The number of carbonyl (C=O) groups is 1. The first kappa shape index (κ1) is 13.8. The van der Waals surface area contributed by atoms with E-state index in [2.05, 4.69) is 17.2 Å². The van der Waals surface area contributed by atoms with Crippen LogP contribution in [-0.2, 0) is 25.8 Å². The van der Waals surface area contributed by atoms with E-state index in [1.54, 1.807) is 4.68 Å².